The SMILES string of the molecule is CCCCOC(=O)c1cccc(NC(=O)c2nc3ccccn3c2CN(C)C)c1. The maximum atomic E-state index is 13.0. The molecule has 2 heterocycles. The van der Waals surface area contributed by atoms with Crippen LogP contribution >= 0.6 is 0 Å². The van der Waals surface area contributed by atoms with Crippen molar-refractivity contribution in [3.8, 4) is 0 Å². The molecule has 0 atom stereocenters. The number of nitrogens with zero attached hydrogens (tertiary/aromatic N) is 3. The van der Waals surface area contributed by atoms with Gasteiger partial charge in [-0.3, -0.25) is 4.79 Å². The molecule has 2 aromatic heterocycles. The summed E-state index contributed by atoms with van der Waals surface area (Å²) in [5.74, 6) is -0.711. The number of unbranched alkanes of at least 4 members (excludes halogenated alkanes) is 1. The minimum absolute atomic E-state index is 0.318. The van der Waals surface area contributed by atoms with Gasteiger partial charge < -0.3 is 19.4 Å². The lowest BCUT2D eigenvalue weighted by Crippen LogP contribution is -2.19. The lowest BCUT2D eigenvalue weighted by Gasteiger charge is -2.12. The van der Waals surface area contributed by atoms with E-state index in [4.69, 9.17) is 4.74 Å². The number of aromatic nitrogens is 2. The predicted octanol–water partition coefficient (Wildman–Crippen LogP) is 3.61. The second-order valence-electron chi connectivity index (χ2n) is 7.10. The second-order valence-corrected chi connectivity index (χ2v) is 7.10. The first kappa shape index (κ1) is 20.5. The summed E-state index contributed by atoms with van der Waals surface area (Å²) in [6, 6.07) is 12.4. The van der Waals surface area contributed by atoms with E-state index in [9.17, 15) is 9.59 Å². The number of imidazole rings is 1. The van der Waals surface area contributed by atoms with Crippen molar-refractivity contribution in [3.63, 3.8) is 0 Å². The minimum atomic E-state index is -0.393. The first-order chi connectivity index (χ1) is 14.0. The Labute approximate surface area is 170 Å². The summed E-state index contributed by atoms with van der Waals surface area (Å²) < 4.78 is 7.16. The van der Waals surface area contributed by atoms with E-state index in [-0.39, 0.29) is 5.91 Å². The molecule has 1 amide bonds. The lowest BCUT2D eigenvalue weighted by atomic mass is 10.2. The van der Waals surface area contributed by atoms with E-state index in [1.165, 1.54) is 0 Å². The first-order valence-corrected chi connectivity index (χ1v) is 9.69. The Hall–Kier alpha value is -3.19. The number of amides is 1. The van der Waals surface area contributed by atoms with Crippen LogP contribution < -0.4 is 5.32 Å². The highest BCUT2D eigenvalue weighted by Gasteiger charge is 2.20. The molecule has 152 valence electrons. The zero-order valence-electron chi connectivity index (χ0n) is 17.0. The van der Waals surface area contributed by atoms with Crippen LogP contribution in [-0.4, -0.2) is 46.9 Å². The van der Waals surface area contributed by atoms with Gasteiger partial charge in [0.25, 0.3) is 5.91 Å². The van der Waals surface area contributed by atoms with Gasteiger partial charge in [-0.15, -0.1) is 0 Å². The van der Waals surface area contributed by atoms with Crippen molar-refractivity contribution >= 4 is 23.2 Å². The quantitative estimate of drug-likeness (QED) is 0.467. The third kappa shape index (κ3) is 5.00. The second kappa shape index (κ2) is 9.34. The molecular formula is C22H26N4O3. The molecule has 0 aliphatic heterocycles. The molecule has 1 aromatic carbocycles. The van der Waals surface area contributed by atoms with E-state index < -0.39 is 5.97 Å². The van der Waals surface area contributed by atoms with E-state index in [1.807, 2.05) is 54.7 Å². The molecule has 7 heteroatoms. The molecule has 0 unspecified atom stereocenters. The molecule has 0 saturated carbocycles. The van der Waals surface area contributed by atoms with Gasteiger partial charge in [0.15, 0.2) is 5.69 Å². The summed E-state index contributed by atoms with van der Waals surface area (Å²) >= 11 is 0. The number of carbonyl (C=O) groups is 2. The Kier molecular flexibility index (Phi) is 6.61. The number of fused-ring (bicyclic) bond motifs is 1. The van der Waals surface area contributed by atoms with Gasteiger partial charge in [-0.05, 0) is 50.8 Å². The molecule has 0 radical (unpaired) electrons. The number of nitrogens with one attached hydrogen (secondary N) is 1. The predicted molar refractivity (Wildman–Crippen MR) is 112 cm³/mol. The highest BCUT2D eigenvalue weighted by Crippen LogP contribution is 2.18. The Morgan fingerprint density at radius 2 is 2.00 bits per heavy atom. The largest absolute Gasteiger partial charge is 0.462 e. The van der Waals surface area contributed by atoms with Crippen LogP contribution in [0.25, 0.3) is 5.65 Å². The van der Waals surface area contributed by atoms with Crippen molar-refractivity contribution in [2.45, 2.75) is 26.3 Å². The Morgan fingerprint density at radius 1 is 1.17 bits per heavy atom. The van der Waals surface area contributed by atoms with E-state index in [0.29, 0.717) is 35.7 Å². The van der Waals surface area contributed by atoms with Crippen molar-refractivity contribution in [2.75, 3.05) is 26.0 Å². The lowest BCUT2D eigenvalue weighted by molar-refractivity contribution is 0.0499. The summed E-state index contributed by atoms with van der Waals surface area (Å²) in [4.78, 5) is 31.6. The van der Waals surface area contributed by atoms with Gasteiger partial charge in [0.2, 0.25) is 0 Å². The molecule has 0 saturated heterocycles. The summed E-state index contributed by atoms with van der Waals surface area (Å²) in [6.45, 7) is 2.99. The summed E-state index contributed by atoms with van der Waals surface area (Å²) in [5.41, 5.74) is 2.80. The van der Waals surface area contributed by atoms with Crippen LogP contribution in [0.3, 0.4) is 0 Å². The van der Waals surface area contributed by atoms with Crippen LogP contribution in [0, 0.1) is 0 Å². The smallest absolute Gasteiger partial charge is 0.338 e. The van der Waals surface area contributed by atoms with Crippen LogP contribution in [-0.2, 0) is 11.3 Å². The van der Waals surface area contributed by atoms with Crippen molar-refractivity contribution in [2.24, 2.45) is 0 Å². The fourth-order valence-electron chi connectivity index (χ4n) is 2.99. The summed E-state index contributed by atoms with van der Waals surface area (Å²) in [6.07, 6.45) is 3.67. The number of hydrogen-bond donors (Lipinski definition) is 1. The summed E-state index contributed by atoms with van der Waals surface area (Å²) in [5, 5.41) is 2.85. The highest BCUT2D eigenvalue weighted by molar-refractivity contribution is 6.04. The average molecular weight is 394 g/mol. The van der Waals surface area contributed by atoms with Gasteiger partial charge >= 0.3 is 5.97 Å². The number of anilines is 1. The first-order valence-electron chi connectivity index (χ1n) is 9.69. The third-order valence-corrected chi connectivity index (χ3v) is 4.40. The molecule has 0 aliphatic carbocycles. The Morgan fingerprint density at radius 3 is 2.76 bits per heavy atom. The normalized spacial score (nSPS) is 11.0. The minimum Gasteiger partial charge on any atom is -0.462 e. The maximum absolute atomic E-state index is 13.0. The molecule has 29 heavy (non-hydrogen) atoms. The number of benzene rings is 1. The number of hydrogen-bond acceptors (Lipinski definition) is 5. The topological polar surface area (TPSA) is 75.9 Å². The molecule has 0 spiro atoms. The maximum Gasteiger partial charge on any atom is 0.338 e. The van der Waals surface area contributed by atoms with Crippen molar-refractivity contribution in [1.29, 1.82) is 0 Å². The highest BCUT2D eigenvalue weighted by atomic mass is 16.5. The number of pyridine rings is 1. The third-order valence-electron chi connectivity index (χ3n) is 4.40. The van der Waals surface area contributed by atoms with Crippen LogP contribution in [0.4, 0.5) is 5.69 Å². The van der Waals surface area contributed by atoms with E-state index >= 15 is 0 Å². The van der Waals surface area contributed by atoms with Crippen molar-refractivity contribution in [1.82, 2.24) is 14.3 Å². The molecule has 1 N–H and O–H groups in total. The molecule has 0 bridgehead atoms. The van der Waals surface area contributed by atoms with Gasteiger partial charge in [0.1, 0.15) is 5.65 Å². The van der Waals surface area contributed by atoms with Gasteiger partial charge in [-0.25, -0.2) is 9.78 Å². The van der Waals surface area contributed by atoms with Crippen LogP contribution in [0.15, 0.2) is 48.7 Å². The number of rotatable bonds is 8. The Bertz CT molecular complexity index is 1010. The average Bonchev–Trinajstić information content (AvgIpc) is 3.06. The molecule has 0 aliphatic rings. The number of esters is 1. The van der Waals surface area contributed by atoms with E-state index in [2.05, 4.69) is 10.3 Å². The monoisotopic (exact) mass is 394 g/mol. The van der Waals surface area contributed by atoms with Crippen LogP contribution in [0.1, 0.15) is 46.3 Å². The summed E-state index contributed by atoms with van der Waals surface area (Å²) in [7, 11) is 3.88. The van der Waals surface area contributed by atoms with Gasteiger partial charge in [0.05, 0.1) is 17.9 Å². The zero-order chi connectivity index (χ0) is 20.8. The van der Waals surface area contributed by atoms with Crippen molar-refractivity contribution in [3.05, 3.63) is 65.6 Å². The number of ether oxygens (including phenoxy) is 1. The number of carbonyl (C=O) groups excluding carboxylic acids is 2. The standard InChI is InChI=1S/C22H26N4O3/c1-4-5-13-29-22(28)16-9-8-10-17(14-16)23-21(27)20-18(15-25(2)3)26-12-7-6-11-19(26)24-20/h6-12,14H,4-5,13,15H2,1-3H3,(H,23,27). The Balaban J connectivity index is 1.82. The molecule has 3 rings (SSSR count). The van der Waals surface area contributed by atoms with E-state index in [1.54, 1.807) is 24.3 Å². The fraction of sp³-hybridized carbons (Fsp3) is 0.318. The van der Waals surface area contributed by atoms with Gasteiger partial charge in [-0.2, -0.15) is 0 Å². The van der Waals surface area contributed by atoms with E-state index in [0.717, 1.165) is 18.5 Å². The molecule has 7 nitrogen and oxygen atoms in total. The van der Waals surface area contributed by atoms with Crippen molar-refractivity contribution < 1.29 is 14.3 Å². The van der Waals surface area contributed by atoms with Crippen LogP contribution in [0.2, 0.25) is 0 Å². The zero-order valence-corrected chi connectivity index (χ0v) is 17.0. The molecule has 3 aromatic rings. The fourth-order valence-corrected chi connectivity index (χ4v) is 2.99. The van der Waals surface area contributed by atoms with Gasteiger partial charge in [0, 0.05) is 18.4 Å². The van der Waals surface area contributed by atoms with Crippen LogP contribution in [0.5, 0.6) is 0 Å². The molecular weight excluding hydrogens is 368 g/mol. The molecule has 0 fully saturated rings. The van der Waals surface area contributed by atoms with Gasteiger partial charge in [-0.1, -0.05) is 25.5 Å².